The van der Waals surface area contributed by atoms with E-state index in [1.807, 2.05) is 19.1 Å². The van der Waals surface area contributed by atoms with Crippen LogP contribution in [0.3, 0.4) is 0 Å². The van der Waals surface area contributed by atoms with Crippen molar-refractivity contribution in [2.45, 2.75) is 13.3 Å². The molecule has 2 nitrogen and oxygen atoms in total. The van der Waals surface area contributed by atoms with Crippen molar-refractivity contribution >= 4 is 0 Å². The number of aromatic hydroxyl groups is 1. The van der Waals surface area contributed by atoms with Crippen molar-refractivity contribution in [1.82, 2.24) is 0 Å². The SMILES string of the molecule is CC(CO)Cc1ccc(O)cc1. The summed E-state index contributed by atoms with van der Waals surface area (Å²) in [6.07, 6.45) is 0.858. The minimum atomic E-state index is 0.209. The molecule has 2 N–H and O–H groups in total. The van der Waals surface area contributed by atoms with E-state index < -0.39 is 0 Å². The average Bonchev–Trinajstić information content (AvgIpc) is 2.09. The second-order valence-corrected chi connectivity index (χ2v) is 3.16. The molecule has 1 aromatic carbocycles. The maximum atomic E-state index is 9.00. The van der Waals surface area contributed by atoms with Crippen LogP contribution in [-0.2, 0) is 6.42 Å². The van der Waals surface area contributed by atoms with E-state index in [1.54, 1.807) is 12.1 Å². The third-order valence-electron chi connectivity index (χ3n) is 1.83. The lowest BCUT2D eigenvalue weighted by molar-refractivity contribution is 0.237. The van der Waals surface area contributed by atoms with Gasteiger partial charge in [0, 0.05) is 6.61 Å². The zero-order chi connectivity index (χ0) is 8.97. The molecule has 0 heterocycles. The Bertz CT molecular complexity index is 228. The minimum absolute atomic E-state index is 0.209. The molecule has 0 fully saturated rings. The van der Waals surface area contributed by atoms with Gasteiger partial charge in [-0.25, -0.2) is 0 Å². The number of aliphatic hydroxyl groups is 1. The highest BCUT2D eigenvalue weighted by Crippen LogP contribution is 2.12. The van der Waals surface area contributed by atoms with E-state index in [-0.39, 0.29) is 18.3 Å². The van der Waals surface area contributed by atoms with E-state index in [2.05, 4.69) is 0 Å². The maximum Gasteiger partial charge on any atom is 0.115 e. The third-order valence-corrected chi connectivity index (χ3v) is 1.83. The van der Waals surface area contributed by atoms with Crippen molar-refractivity contribution in [3.63, 3.8) is 0 Å². The predicted molar refractivity (Wildman–Crippen MR) is 48.1 cm³/mol. The van der Waals surface area contributed by atoms with Crippen LogP contribution in [0.1, 0.15) is 12.5 Å². The molecule has 0 radical (unpaired) electrons. The topological polar surface area (TPSA) is 40.5 Å². The van der Waals surface area contributed by atoms with Crippen LogP contribution in [0.25, 0.3) is 0 Å². The van der Waals surface area contributed by atoms with Crippen molar-refractivity contribution in [3.8, 4) is 5.75 Å². The predicted octanol–water partition coefficient (Wildman–Crippen LogP) is 1.56. The summed E-state index contributed by atoms with van der Waals surface area (Å²) in [7, 11) is 0. The van der Waals surface area contributed by atoms with Gasteiger partial charge >= 0.3 is 0 Å². The first-order valence-corrected chi connectivity index (χ1v) is 4.11. The lowest BCUT2D eigenvalue weighted by Crippen LogP contribution is -2.03. The number of hydrogen-bond donors (Lipinski definition) is 2. The van der Waals surface area contributed by atoms with E-state index >= 15 is 0 Å². The Balaban J connectivity index is 2.58. The van der Waals surface area contributed by atoms with Gasteiger partial charge in [-0.2, -0.15) is 0 Å². The summed E-state index contributed by atoms with van der Waals surface area (Å²) in [6, 6.07) is 7.09. The zero-order valence-corrected chi connectivity index (χ0v) is 7.20. The number of benzene rings is 1. The summed E-state index contributed by atoms with van der Waals surface area (Å²) in [6.45, 7) is 2.20. The molecule has 0 aliphatic carbocycles. The Hall–Kier alpha value is -1.02. The molecule has 2 heteroatoms. The molecule has 12 heavy (non-hydrogen) atoms. The van der Waals surface area contributed by atoms with Crippen molar-refractivity contribution in [2.24, 2.45) is 5.92 Å². The Kier molecular flexibility index (Phi) is 3.11. The Morgan fingerprint density at radius 2 is 1.83 bits per heavy atom. The molecule has 0 aromatic heterocycles. The first-order chi connectivity index (χ1) is 5.72. The van der Waals surface area contributed by atoms with Crippen LogP contribution in [0, 0.1) is 5.92 Å². The van der Waals surface area contributed by atoms with Gasteiger partial charge in [-0.3, -0.25) is 0 Å². The highest BCUT2D eigenvalue weighted by Gasteiger charge is 2.01. The van der Waals surface area contributed by atoms with Gasteiger partial charge in [0.05, 0.1) is 0 Å². The standard InChI is InChI=1S/C10H14O2/c1-8(7-11)6-9-2-4-10(12)5-3-9/h2-5,8,11-12H,6-7H2,1H3. The number of rotatable bonds is 3. The molecule has 0 aliphatic heterocycles. The molecule has 0 amide bonds. The fraction of sp³-hybridized carbons (Fsp3) is 0.400. The maximum absolute atomic E-state index is 9.00. The van der Waals surface area contributed by atoms with Crippen molar-refractivity contribution in [3.05, 3.63) is 29.8 Å². The van der Waals surface area contributed by atoms with Crippen LogP contribution in [-0.4, -0.2) is 16.8 Å². The Labute approximate surface area is 72.5 Å². The summed E-state index contributed by atoms with van der Waals surface area (Å²) >= 11 is 0. The van der Waals surface area contributed by atoms with Crippen molar-refractivity contribution < 1.29 is 10.2 Å². The van der Waals surface area contributed by atoms with Gasteiger partial charge in [-0.15, -0.1) is 0 Å². The van der Waals surface area contributed by atoms with Gasteiger partial charge in [0.15, 0.2) is 0 Å². The summed E-state index contributed by atoms with van der Waals surface area (Å²) < 4.78 is 0. The minimum Gasteiger partial charge on any atom is -0.508 e. The number of phenolic OH excluding ortho intramolecular Hbond substituents is 1. The van der Waals surface area contributed by atoms with Crippen LogP contribution in [0.2, 0.25) is 0 Å². The van der Waals surface area contributed by atoms with E-state index in [9.17, 15) is 0 Å². The van der Waals surface area contributed by atoms with E-state index in [1.165, 1.54) is 0 Å². The highest BCUT2D eigenvalue weighted by atomic mass is 16.3. The zero-order valence-electron chi connectivity index (χ0n) is 7.20. The molecule has 1 rings (SSSR count). The fourth-order valence-corrected chi connectivity index (χ4v) is 1.10. The molecular formula is C10H14O2. The van der Waals surface area contributed by atoms with E-state index in [0.29, 0.717) is 0 Å². The van der Waals surface area contributed by atoms with Gasteiger partial charge < -0.3 is 10.2 Å². The first-order valence-electron chi connectivity index (χ1n) is 4.11. The number of hydrogen-bond acceptors (Lipinski definition) is 2. The quantitative estimate of drug-likeness (QED) is 0.715. The summed E-state index contributed by atoms with van der Waals surface area (Å²) in [4.78, 5) is 0. The van der Waals surface area contributed by atoms with Crippen LogP contribution in [0.4, 0.5) is 0 Å². The number of phenols is 1. The monoisotopic (exact) mass is 166 g/mol. The lowest BCUT2D eigenvalue weighted by Gasteiger charge is -2.06. The molecule has 1 atom stereocenters. The van der Waals surface area contributed by atoms with Gasteiger partial charge in [0.25, 0.3) is 0 Å². The van der Waals surface area contributed by atoms with Crippen molar-refractivity contribution in [2.75, 3.05) is 6.61 Å². The van der Waals surface area contributed by atoms with Gasteiger partial charge in [-0.05, 0) is 30.0 Å². The molecule has 1 unspecified atom stereocenters. The lowest BCUT2D eigenvalue weighted by atomic mass is 10.0. The van der Waals surface area contributed by atoms with Crippen LogP contribution in [0.15, 0.2) is 24.3 Å². The van der Waals surface area contributed by atoms with Crippen LogP contribution >= 0.6 is 0 Å². The highest BCUT2D eigenvalue weighted by molar-refractivity contribution is 5.26. The van der Waals surface area contributed by atoms with Crippen molar-refractivity contribution in [1.29, 1.82) is 0 Å². The molecule has 0 spiro atoms. The smallest absolute Gasteiger partial charge is 0.115 e. The van der Waals surface area contributed by atoms with Gasteiger partial charge in [0.1, 0.15) is 5.75 Å². The van der Waals surface area contributed by atoms with Crippen LogP contribution in [0.5, 0.6) is 5.75 Å². The summed E-state index contributed by atoms with van der Waals surface area (Å²) in [5.74, 6) is 0.574. The fourth-order valence-electron chi connectivity index (χ4n) is 1.10. The Morgan fingerprint density at radius 1 is 1.25 bits per heavy atom. The second-order valence-electron chi connectivity index (χ2n) is 3.16. The Morgan fingerprint density at radius 3 is 2.33 bits per heavy atom. The van der Waals surface area contributed by atoms with Crippen LogP contribution < -0.4 is 0 Å². The molecule has 66 valence electrons. The van der Waals surface area contributed by atoms with Gasteiger partial charge in [-0.1, -0.05) is 19.1 Å². The molecule has 1 aromatic rings. The molecule has 0 bridgehead atoms. The average molecular weight is 166 g/mol. The normalized spacial score (nSPS) is 12.8. The van der Waals surface area contributed by atoms with E-state index in [0.717, 1.165) is 12.0 Å². The van der Waals surface area contributed by atoms with E-state index in [4.69, 9.17) is 10.2 Å². The van der Waals surface area contributed by atoms with Gasteiger partial charge in [0.2, 0.25) is 0 Å². The molecule has 0 saturated heterocycles. The summed E-state index contributed by atoms with van der Waals surface area (Å²) in [5.41, 5.74) is 1.15. The largest absolute Gasteiger partial charge is 0.508 e. The summed E-state index contributed by atoms with van der Waals surface area (Å²) in [5, 5.41) is 17.8. The molecular weight excluding hydrogens is 152 g/mol. The number of aliphatic hydroxyl groups excluding tert-OH is 1. The molecule has 0 saturated carbocycles. The third kappa shape index (κ3) is 2.55. The second kappa shape index (κ2) is 4.12. The molecule has 0 aliphatic rings. The first kappa shape index (κ1) is 9.07.